The van der Waals surface area contributed by atoms with Crippen LogP contribution >= 0.6 is 0 Å². The van der Waals surface area contributed by atoms with Crippen LogP contribution in [0.2, 0.25) is 0 Å². The number of amides is 2. The molecule has 0 saturated heterocycles. The molecule has 1 aliphatic rings. The van der Waals surface area contributed by atoms with Crippen LogP contribution in [0, 0.1) is 6.92 Å². The summed E-state index contributed by atoms with van der Waals surface area (Å²) in [5.41, 5.74) is 3.51. The lowest BCUT2D eigenvalue weighted by Gasteiger charge is -2.17. The fourth-order valence-electron chi connectivity index (χ4n) is 2.89. The molecule has 2 aromatic rings. The van der Waals surface area contributed by atoms with E-state index in [1.165, 1.54) is 18.2 Å². The molecule has 25 heavy (non-hydrogen) atoms. The molecule has 1 aliphatic carbocycles. The molecule has 0 spiro atoms. The topological polar surface area (TPSA) is 67.4 Å². The third kappa shape index (κ3) is 3.99. The minimum absolute atomic E-state index is 0.0545. The molecular formula is C20H22N2O3. The third-order valence-electron chi connectivity index (χ3n) is 4.65. The van der Waals surface area contributed by atoms with Gasteiger partial charge in [0.25, 0.3) is 0 Å². The van der Waals surface area contributed by atoms with E-state index in [1.807, 2.05) is 0 Å². The number of esters is 1. The van der Waals surface area contributed by atoms with Gasteiger partial charge in [-0.1, -0.05) is 35.9 Å². The highest BCUT2D eigenvalue weighted by atomic mass is 16.5. The molecule has 0 unspecified atom stereocenters. The van der Waals surface area contributed by atoms with Gasteiger partial charge in [0.2, 0.25) is 0 Å². The van der Waals surface area contributed by atoms with Crippen LogP contribution in [0.1, 0.15) is 34.3 Å². The summed E-state index contributed by atoms with van der Waals surface area (Å²) in [6.45, 7) is 2.66. The number of benzene rings is 2. The SMILES string of the molecule is COC(=O)c1cccc(NC(=O)NCC2(c3ccc(C)cc3)CC2)c1. The highest BCUT2D eigenvalue weighted by molar-refractivity contribution is 5.93. The molecule has 0 heterocycles. The van der Waals surface area contributed by atoms with Gasteiger partial charge in [-0.25, -0.2) is 9.59 Å². The Bertz CT molecular complexity index is 780. The Kier molecular flexibility index (Phi) is 4.74. The molecule has 1 saturated carbocycles. The number of carbonyl (C=O) groups excluding carboxylic acids is 2. The largest absolute Gasteiger partial charge is 0.465 e. The molecule has 2 amide bonds. The maximum absolute atomic E-state index is 12.2. The van der Waals surface area contributed by atoms with Gasteiger partial charge in [-0.15, -0.1) is 0 Å². The molecule has 0 bridgehead atoms. The van der Waals surface area contributed by atoms with Gasteiger partial charge in [0.1, 0.15) is 0 Å². The highest BCUT2D eigenvalue weighted by Gasteiger charge is 2.44. The fourth-order valence-corrected chi connectivity index (χ4v) is 2.89. The van der Waals surface area contributed by atoms with Gasteiger partial charge in [0.05, 0.1) is 12.7 Å². The summed E-state index contributed by atoms with van der Waals surface area (Å²) in [6.07, 6.45) is 2.16. The molecule has 0 atom stereocenters. The van der Waals surface area contributed by atoms with Gasteiger partial charge in [-0.2, -0.15) is 0 Å². The standard InChI is InChI=1S/C20H22N2O3/c1-14-6-8-16(9-7-14)20(10-11-20)13-21-19(24)22-17-5-3-4-15(12-17)18(23)25-2/h3-9,12H,10-11,13H2,1-2H3,(H2,21,22,24). The van der Waals surface area contributed by atoms with Crippen molar-refractivity contribution in [2.24, 2.45) is 0 Å². The third-order valence-corrected chi connectivity index (χ3v) is 4.65. The average Bonchev–Trinajstić information content (AvgIpc) is 3.41. The maximum Gasteiger partial charge on any atom is 0.337 e. The summed E-state index contributed by atoms with van der Waals surface area (Å²) < 4.78 is 4.69. The van der Waals surface area contributed by atoms with E-state index in [0.717, 1.165) is 12.8 Å². The van der Waals surface area contributed by atoms with Gasteiger partial charge in [-0.3, -0.25) is 0 Å². The zero-order valence-electron chi connectivity index (χ0n) is 14.5. The summed E-state index contributed by atoms with van der Waals surface area (Å²) in [5.74, 6) is -0.430. The van der Waals surface area contributed by atoms with E-state index in [-0.39, 0.29) is 11.4 Å². The van der Waals surface area contributed by atoms with Gasteiger partial charge in [-0.05, 0) is 43.5 Å². The number of hydrogen-bond donors (Lipinski definition) is 2. The Balaban J connectivity index is 1.58. The van der Waals surface area contributed by atoms with Crippen molar-refractivity contribution in [3.63, 3.8) is 0 Å². The summed E-state index contributed by atoms with van der Waals surface area (Å²) in [6, 6.07) is 14.9. The van der Waals surface area contributed by atoms with Crippen LogP contribution in [0.5, 0.6) is 0 Å². The van der Waals surface area contributed by atoms with Crippen molar-refractivity contribution >= 4 is 17.7 Å². The smallest absolute Gasteiger partial charge is 0.337 e. The minimum atomic E-state index is -0.430. The zero-order chi connectivity index (χ0) is 17.9. The van der Waals surface area contributed by atoms with Crippen molar-refractivity contribution in [2.75, 3.05) is 19.0 Å². The van der Waals surface area contributed by atoms with E-state index < -0.39 is 5.97 Å². The lowest BCUT2D eigenvalue weighted by Crippen LogP contribution is -2.35. The molecule has 2 N–H and O–H groups in total. The highest BCUT2D eigenvalue weighted by Crippen LogP contribution is 2.47. The van der Waals surface area contributed by atoms with Crippen LogP contribution in [-0.4, -0.2) is 25.7 Å². The maximum atomic E-state index is 12.2. The van der Waals surface area contributed by atoms with Gasteiger partial charge >= 0.3 is 12.0 Å². The van der Waals surface area contributed by atoms with Crippen LogP contribution in [0.4, 0.5) is 10.5 Å². The molecular weight excluding hydrogens is 316 g/mol. The number of aryl methyl sites for hydroxylation is 1. The number of methoxy groups -OCH3 is 1. The van der Waals surface area contributed by atoms with Crippen LogP contribution in [-0.2, 0) is 10.2 Å². The fraction of sp³-hybridized carbons (Fsp3) is 0.300. The predicted molar refractivity (Wildman–Crippen MR) is 96.9 cm³/mol. The number of ether oxygens (including phenoxy) is 1. The van der Waals surface area contributed by atoms with Crippen molar-refractivity contribution in [1.29, 1.82) is 0 Å². The number of rotatable bonds is 5. The summed E-state index contributed by atoms with van der Waals surface area (Å²) in [7, 11) is 1.33. The Labute approximate surface area is 147 Å². The quantitative estimate of drug-likeness (QED) is 0.818. The van der Waals surface area contributed by atoms with Crippen molar-refractivity contribution in [1.82, 2.24) is 5.32 Å². The molecule has 130 valence electrons. The first-order valence-electron chi connectivity index (χ1n) is 8.33. The predicted octanol–water partition coefficient (Wildman–Crippen LogP) is 3.63. The van der Waals surface area contributed by atoms with Crippen LogP contribution < -0.4 is 10.6 Å². The lowest BCUT2D eigenvalue weighted by atomic mass is 9.95. The minimum Gasteiger partial charge on any atom is -0.465 e. The van der Waals surface area contributed by atoms with Crippen molar-refractivity contribution < 1.29 is 14.3 Å². The number of nitrogens with one attached hydrogen (secondary N) is 2. The second kappa shape index (κ2) is 6.97. The first kappa shape index (κ1) is 17.0. The number of hydrogen-bond acceptors (Lipinski definition) is 3. The van der Waals surface area contributed by atoms with Gasteiger partial charge in [0, 0.05) is 17.6 Å². The summed E-state index contributed by atoms with van der Waals surface area (Å²) >= 11 is 0. The van der Waals surface area contributed by atoms with Gasteiger partial charge in [0.15, 0.2) is 0 Å². The molecule has 0 radical (unpaired) electrons. The number of anilines is 1. The first-order chi connectivity index (χ1) is 12.0. The molecule has 3 rings (SSSR count). The van der Waals surface area contributed by atoms with E-state index in [4.69, 9.17) is 0 Å². The molecule has 5 heteroatoms. The first-order valence-corrected chi connectivity index (χ1v) is 8.33. The molecule has 0 aliphatic heterocycles. The molecule has 2 aromatic carbocycles. The van der Waals surface area contributed by atoms with E-state index in [0.29, 0.717) is 17.8 Å². The Morgan fingerprint density at radius 2 is 1.84 bits per heavy atom. The Hall–Kier alpha value is -2.82. The van der Waals surface area contributed by atoms with Crippen LogP contribution in [0.15, 0.2) is 48.5 Å². The van der Waals surface area contributed by atoms with Crippen LogP contribution in [0.25, 0.3) is 0 Å². The normalized spacial score (nSPS) is 14.5. The van der Waals surface area contributed by atoms with Crippen molar-refractivity contribution in [3.05, 3.63) is 65.2 Å². The second-order valence-electron chi connectivity index (χ2n) is 6.53. The van der Waals surface area contributed by atoms with Gasteiger partial charge < -0.3 is 15.4 Å². The van der Waals surface area contributed by atoms with Crippen molar-refractivity contribution in [3.8, 4) is 0 Å². The summed E-state index contributed by atoms with van der Waals surface area (Å²) in [5, 5.41) is 5.71. The average molecular weight is 338 g/mol. The Morgan fingerprint density at radius 1 is 1.12 bits per heavy atom. The van der Waals surface area contributed by atoms with Crippen molar-refractivity contribution in [2.45, 2.75) is 25.2 Å². The number of urea groups is 1. The lowest BCUT2D eigenvalue weighted by molar-refractivity contribution is 0.0600. The van der Waals surface area contributed by atoms with E-state index in [2.05, 4.69) is 46.6 Å². The second-order valence-corrected chi connectivity index (χ2v) is 6.53. The van der Waals surface area contributed by atoms with E-state index >= 15 is 0 Å². The zero-order valence-corrected chi connectivity index (χ0v) is 14.5. The molecule has 1 fully saturated rings. The molecule has 0 aromatic heterocycles. The number of carbonyl (C=O) groups is 2. The Morgan fingerprint density at radius 3 is 2.48 bits per heavy atom. The van der Waals surface area contributed by atoms with Crippen LogP contribution in [0.3, 0.4) is 0 Å². The molecule has 5 nitrogen and oxygen atoms in total. The monoisotopic (exact) mass is 338 g/mol. The summed E-state index contributed by atoms with van der Waals surface area (Å²) in [4.78, 5) is 23.7. The van der Waals surface area contributed by atoms with E-state index in [1.54, 1.807) is 24.3 Å². The van der Waals surface area contributed by atoms with E-state index in [9.17, 15) is 9.59 Å².